The summed E-state index contributed by atoms with van der Waals surface area (Å²) in [6.45, 7) is 6.49. The van der Waals surface area contributed by atoms with Crippen LogP contribution in [-0.2, 0) is 14.8 Å². The number of primary sulfonamides is 1. The van der Waals surface area contributed by atoms with Gasteiger partial charge in [0.2, 0.25) is 10.0 Å². The van der Waals surface area contributed by atoms with Crippen molar-refractivity contribution in [2.24, 2.45) is 5.14 Å². The van der Waals surface area contributed by atoms with Gasteiger partial charge in [-0.05, 0) is 50.5 Å². The highest BCUT2D eigenvalue weighted by Gasteiger charge is 2.32. The average molecular weight is 312 g/mol. The second kappa shape index (κ2) is 5.40. The molecule has 0 bridgehead atoms. The lowest BCUT2D eigenvalue weighted by molar-refractivity contribution is 0.0889. The fourth-order valence-electron chi connectivity index (χ4n) is 2.33. The van der Waals surface area contributed by atoms with E-state index in [9.17, 15) is 13.2 Å². The number of benzene rings is 1. The predicted molar refractivity (Wildman–Crippen MR) is 78.6 cm³/mol. The maximum atomic E-state index is 12.5. The number of nitrogens with two attached hydrogens (primary N) is 1. The summed E-state index contributed by atoms with van der Waals surface area (Å²) in [5, 5.41) is 8.07. The summed E-state index contributed by atoms with van der Waals surface area (Å²) in [6, 6.07) is 2.80. The number of ether oxygens (including phenoxy) is 1. The molecule has 1 unspecified atom stereocenters. The molecule has 6 nitrogen and oxygen atoms in total. The van der Waals surface area contributed by atoms with Gasteiger partial charge < -0.3 is 10.1 Å². The fraction of sp³-hybridized carbons (Fsp3) is 0.500. The van der Waals surface area contributed by atoms with Gasteiger partial charge in [-0.15, -0.1) is 0 Å². The van der Waals surface area contributed by atoms with Crippen molar-refractivity contribution in [2.75, 3.05) is 13.2 Å². The van der Waals surface area contributed by atoms with Gasteiger partial charge >= 0.3 is 0 Å². The minimum Gasteiger partial charge on any atom is -0.379 e. The molecule has 1 aromatic carbocycles. The van der Waals surface area contributed by atoms with Crippen molar-refractivity contribution in [2.45, 2.75) is 37.6 Å². The van der Waals surface area contributed by atoms with Crippen molar-refractivity contribution in [1.29, 1.82) is 0 Å². The van der Waals surface area contributed by atoms with Gasteiger partial charge in [-0.25, -0.2) is 13.6 Å². The third kappa shape index (κ3) is 3.42. The van der Waals surface area contributed by atoms with E-state index in [4.69, 9.17) is 9.88 Å². The van der Waals surface area contributed by atoms with Gasteiger partial charge in [-0.1, -0.05) is 0 Å². The number of carbonyl (C=O) groups excluding carboxylic acids is 1. The van der Waals surface area contributed by atoms with Gasteiger partial charge in [-0.3, -0.25) is 4.79 Å². The molecule has 3 N–H and O–H groups in total. The molecule has 1 aliphatic rings. The number of amides is 1. The topological polar surface area (TPSA) is 98.5 Å². The summed E-state index contributed by atoms with van der Waals surface area (Å²) in [5.74, 6) is -0.311. The molecule has 1 aliphatic heterocycles. The third-order valence-electron chi connectivity index (χ3n) is 3.85. The molecular formula is C14H20N2O4S. The zero-order valence-electron chi connectivity index (χ0n) is 12.4. The van der Waals surface area contributed by atoms with Crippen LogP contribution in [0.4, 0.5) is 0 Å². The van der Waals surface area contributed by atoms with Crippen molar-refractivity contribution < 1.29 is 17.9 Å². The normalized spacial score (nSPS) is 22.3. The summed E-state index contributed by atoms with van der Waals surface area (Å²) >= 11 is 0. The fourth-order valence-corrected chi connectivity index (χ4v) is 2.96. The third-order valence-corrected chi connectivity index (χ3v) is 4.74. The van der Waals surface area contributed by atoms with E-state index in [1.165, 1.54) is 12.1 Å². The van der Waals surface area contributed by atoms with Crippen molar-refractivity contribution in [3.63, 3.8) is 0 Å². The monoisotopic (exact) mass is 312 g/mol. The van der Waals surface area contributed by atoms with Crippen LogP contribution in [0.25, 0.3) is 0 Å². The molecule has 1 amide bonds. The molecule has 0 saturated carbocycles. The minimum atomic E-state index is -3.85. The molecule has 1 fully saturated rings. The van der Waals surface area contributed by atoms with Crippen LogP contribution >= 0.6 is 0 Å². The SMILES string of the molecule is Cc1cc(S(N)(=O)=O)cc(C(=O)NC2(C)CCOC2)c1C. The van der Waals surface area contributed by atoms with Crippen LogP contribution < -0.4 is 10.5 Å². The lowest BCUT2D eigenvalue weighted by Crippen LogP contribution is -2.46. The van der Waals surface area contributed by atoms with Crippen LogP contribution in [0.3, 0.4) is 0 Å². The maximum Gasteiger partial charge on any atom is 0.252 e. The first-order valence-electron chi connectivity index (χ1n) is 6.67. The Morgan fingerprint density at radius 2 is 2.05 bits per heavy atom. The highest BCUT2D eigenvalue weighted by molar-refractivity contribution is 7.89. The van der Waals surface area contributed by atoms with Crippen LogP contribution in [0.5, 0.6) is 0 Å². The van der Waals surface area contributed by atoms with Crippen LogP contribution in [0.1, 0.15) is 34.8 Å². The van der Waals surface area contributed by atoms with E-state index < -0.39 is 15.6 Å². The first kappa shape index (κ1) is 15.9. The molecule has 1 saturated heterocycles. The number of hydrogen-bond acceptors (Lipinski definition) is 4. The average Bonchev–Trinajstić information content (AvgIpc) is 2.77. The van der Waals surface area contributed by atoms with Crippen molar-refractivity contribution in [3.8, 4) is 0 Å². The summed E-state index contributed by atoms with van der Waals surface area (Å²) in [7, 11) is -3.85. The van der Waals surface area contributed by atoms with E-state index in [0.717, 1.165) is 12.0 Å². The highest BCUT2D eigenvalue weighted by atomic mass is 32.2. The predicted octanol–water partition coefficient (Wildman–Crippen LogP) is 0.860. The van der Waals surface area contributed by atoms with E-state index in [-0.39, 0.29) is 10.8 Å². The number of hydrogen-bond donors (Lipinski definition) is 2. The standard InChI is InChI=1S/C14H20N2O4S/c1-9-6-11(21(15,18)19)7-12(10(9)2)13(17)16-14(3)4-5-20-8-14/h6-7H,4-5,8H2,1-3H3,(H,16,17)(H2,15,18,19). The number of sulfonamides is 1. The molecule has 0 radical (unpaired) electrons. The van der Waals surface area contributed by atoms with Crippen molar-refractivity contribution in [3.05, 3.63) is 28.8 Å². The quantitative estimate of drug-likeness (QED) is 0.864. The zero-order valence-corrected chi connectivity index (χ0v) is 13.2. The summed E-state index contributed by atoms with van der Waals surface area (Å²) in [6.07, 6.45) is 0.728. The Kier molecular flexibility index (Phi) is 4.10. The first-order valence-corrected chi connectivity index (χ1v) is 8.21. The minimum absolute atomic E-state index is 0.0522. The van der Waals surface area contributed by atoms with Gasteiger partial charge in [0, 0.05) is 12.2 Å². The Labute approximate surface area is 124 Å². The summed E-state index contributed by atoms with van der Waals surface area (Å²) < 4.78 is 28.3. The van der Waals surface area contributed by atoms with E-state index in [1.807, 2.05) is 6.92 Å². The number of rotatable bonds is 3. The first-order chi connectivity index (χ1) is 9.62. The second-order valence-electron chi connectivity index (χ2n) is 5.78. The molecular weight excluding hydrogens is 292 g/mol. The molecule has 0 aromatic heterocycles. The van der Waals surface area contributed by atoms with Gasteiger partial charge in [0.15, 0.2) is 0 Å². The molecule has 0 aliphatic carbocycles. The van der Waals surface area contributed by atoms with Crippen molar-refractivity contribution >= 4 is 15.9 Å². The van der Waals surface area contributed by atoms with Crippen LogP contribution in [0.2, 0.25) is 0 Å². The van der Waals surface area contributed by atoms with E-state index >= 15 is 0 Å². The Morgan fingerprint density at radius 1 is 1.38 bits per heavy atom. The van der Waals surface area contributed by atoms with Crippen LogP contribution in [0, 0.1) is 13.8 Å². The van der Waals surface area contributed by atoms with E-state index in [1.54, 1.807) is 13.8 Å². The Balaban J connectivity index is 2.38. The summed E-state index contributed by atoms with van der Waals surface area (Å²) in [4.78, 5) is 12.4. The van der Waals surface area contributed by atoms with Gasteiger partial charge in [0.05, 0.1) is 17.0 Å². The van der Waals surface area contributed by atoms with Gasteiger partial charge in [0.1, 0.15) is 0 Å². The van der Waals surface area contributed by atoms with E-state index in [0.29, 0.717) is 24.3 Å². The Morgan fingerprint density at radius 3 is 2.57 bits per heavy atom. The van der Waals surface area contributed by atoms with Crippen molar-refractivity contribution in [1.82, 2.24) is 5.32 Å². The second-order valence-corrected chi connectivity index (χ2v) is 7.34. The lowest BCUT2D eigenvalue weighted by atomic mass is 9.98. The van der Waals surface area contributed by atoms with Crippen LogP contribution in [-0.4, -0.2) is 33.1 Å². The van der Waals surface area contributed by atoms with E-state index in [2.05, 4.69) is 5.32 Å². The van der Waals surface area contributed by atoms with Crippen LogP contribution in [0.15, 0.2) is 17.0 Å². The smallest absolute Gasteiger partial charge is 0.252 e. The number of nitrogens with one attached hydrogen (secondary N) is 1. The summed E-state index contributed by atoms with van der Waals surface area (Å²) in [5.41, 5.74) is 1.35. The number of aryl methyl sites for hydroxylation is 1. The van der Waals surface area contributed by atoms with Gasteiger partial charge in [-0.2, -0.15) is 0 Å². The lowest BCUT2D eigenvalue weighted by Gasteiger charge is -2.24. The molecule has 0 spiro atoms. The maximum absolute atomic E-state index is 12.5. The molecule has 1 aromatic rings. The molecule has 116 valence electrons. The Hall–Kier alpha value is -1.44. The number of carbonyl (C=O) groups is 1. The zero-order chi connectivity index (χ0) is 15.8. The Bertz CT molecular complexity index is 676. The largest absolute Gasteiger partial charge is 0.379 e. The molecule has 21 heavy (non-hydrogen) atoms. The molecule has 2 rings (SSSR count). The molecule has 1 atom stereocenters. The molecule has 7 heteroatoms. The van der Waals surface area contributed by atoms with Gasteiger partial charge in [0.25, 0.3) is 5.91 Å². The molecule has 1 heterocycles. The highest BCUT2D eigenvalue weighted by Crippen LogP contribution is 2.22.